The lowest BCUT2D eigenvalue weighted by molar-refractivity contribution is 0.878. The van der Waals surface area contributed by atoms with E-state index < -0.39 is 0 Å². The van der Waals surface area contributed by atoms with Crippen LogP contribution in [0.1, 0.15) is 29.6 Å². The molecule has 0 amide bonds. The summed E-state index contributed by atoms with van der Waals surface area (Å²) in [5, 5.41) is 6.57. The van der Waals surface area contributed by atoms with Crippen molar-refractivity contribution < 1.29 is 0 Å². The van der Waals surface area contributed by atoms with Crippen LogP contribution in [0.5, 0.6) is 0 Å². The van der Waals surface area contributed by atoms with Gasteiger partial charge < -0.3 is 11.1 Å². The van der Waals surface area contributed by atoms with E-state index >= 15 is 0 Å². The highest BCUT2D eigenvalue weighted by Crippen LogP contribution is 2.39. The van der Waals surface area contributed by atoms with Gasteiger partial charge in [0.05, 0.1) is 34.0 Å². The number of allylic oxidation sites excluding steroid dienone is 3. The normalized spacial score (nSPS) is 13.6. The number of nitrogen functional groups attached to an aromatic ring is 1. The van der Waals surface area contributed by atoms with E-state index in [9.17, 15) is 0 Å². The van der Waals surface area contributed by atoms with Crippen molar-refractivity contribution in [3.05, 3.63) is 120 Å². The van der Waals surface area contributed by atoms with E-state index in [-0.39, 0.29) is 0 Å². The van der Waals surface area contributed by atoms with E-state index in [1.54, 1.807) is 6.20 Å². The number of benzene rings is 1. The van der Waals surface area contributed by atoms with Crippen molar-refractivity contribution in [1.82, 2.24) is 33.6 Å². The van der Waals surface area contributed by atoms with Crippen molar-refractivity contribution in [2.45, 2.75) is 6.92 Å². The Morgan fingerprint density at radius 2 is 1.61 bits per heavy atom. The predicted octanol–water partition coefficient (Wildman–Crippen LogP) is 7.35. The Morgan fingerprint density at radius 3 is 2.46 bits per heavy atom. The lowest BCUT2D eigenvalue weighted by Crippen LogP contribution is -2.13. The van der Waals surface area contributed by atoms with Gasteiger partial charge in [-0.05, 0) is 67.6 Å². The maximum atomic E-state index is 6.78. The number of nitrogens with zero attached hydrogens (tertiary/aromatic N) is 7. The summed E-state index contributed by atoms with van der Waals surface area (Å²) in [7, 11) is 0. The Labute approximate surface area is 263 Å². The molecule has 3 N–H and O–H groups in total. The molecule has 0 bridgehead atoms. The molecule has 0 fully saturated rings. The van der Waals surface area contributed by atoms with Gasteiger partial charge in [0, 0.05) is 46.7 Å². The average molecular weight is 598 g/mol. The second kappa shape index (κ2) is 10.1. The third-order valence-electron chi connectivity index (χ3n) is 8.54. The van der Waals surface area contributed by atoms with Gasteiger partial charge in [0.1, 0.15) is 22.9 Å². The Balaban J connectivity index is 1.43. The molecule has 2 aliphatic rings. The van der Waals surface area contributed by atoms with Crippen LogP contribution >= 0.6 is 0 Å². The Hall–Kier alpha value is -6.44. The van der Waals surface area contributed by atoms with E-state index in [0.29, 0.717) is 29.8 Å². The lowest BCUT2D eigenvalue weighted by Gasteiger charge is -2.16. The summed E-state index contributed by atoms with van der Waals surface area (Å²) in [6.45, 7) is 2.69. The smallest absolute Gasteiger partial charge is 0.239 e. The van der Waals surface area contributed by atoms with Crippen molar-refractivity contribution in [3.8, 4) is 17.6 Å². The van der Waals surface area contributed by atoms with Crippen molar-refractivity contribution >= 4 is 68.6 Å². The third kappa shape index (κ3) is 3.70. The number of para-hydroxylation sites is 1. The van der Waals surface area contributed by atoms with Crippen LogP contribution in [0.4, 0.5) is 11.4 Å². The van der Waals surface area contributed by atoms with Crippen molar-refractivity contribution in [2.24, 2.45) is 0 Å². The Bertz CT molecular complexity index is 2490. The zero-order valence-corrected chi connectivity index (χ0v) is 24.9. The van der Waals surface area contributed by atoms with Crippen LogP contribution < -0.4 is 11.1 Å². The maximum absolute atomic E-state index is 6.78. The molecule has 1 aromatic carbocycles. The van der Waals surface area contributed by atoms with Crippen LogP contribution in [-0.2, 0) is 0 Å². The second-order valence-corrected chi connectivity index (χ2v) is 11.1. The minimum atomic E-state index is 0.482. The van der Waals surface area contributed by atoms with Crippen LogP contribution in [0.2, 0.25) is 0 Å². The van der Waals surface area contributed by atoms with Gasteiger partial charge >= 0.3 is 0 Å². The molecule has 1 aliphatic heterocycles. The molecule has 0 unspecified atom stereocenters. The summed E-state index contributed by atoms with van der Waals surface area (Å²) < 4.78 is 6.23. The molecule has 0 radical (unpaired) electrons. The average Bonchev–Trinajstić information content (AvgIpc) is 3.61. The van der Waals surface area contributed by atoms with Gasteiger partial charge in [-0.1, -0.05) is 36.4 Å². The molecule has 9 rings (SSSR count). The van der Waals surface area contributed by atoms with Gasteiger partial charge in [-0.2, -0.15) is 9.97 Å². The number of hydrogen-bond donors (Lipinski definition) is 2. The molecule has 7 aromatic rings. The Kier molecular flexibility index (Phi) is 5.68. The van der Waals surface area contributed by atoms with E-state index in [4.69, 9.17) is 25.7 Å². The predicted molar refractivity (Wildman–Crippen MR) is 186 cm³/mol. The molecule has 9 heteroatoms. The molecule has 1 aliphatic carbocycles. The first-order valence-corrected chi connectivity index (χ1v) is 15.1. The van der Waals surface area contributed by atoms with Gasteiger partial charge in [0.15, 0.2) is 0 Å². The monoisotopic (exact) mass is 597 g/mol. The SMILES string of the molecule is C/C=C\c1c(N)c2c(n1-c1cc(-n3c4c(c5cccnc53)C=C=CC=C4)nc(-n3c4ccccc4c4cccnc43)n1)C=CCN2. The number of rotatable bonds is 4. The zero-order chi connectivity index (χ0) is 30.8. The van der Waals surface area contributed by atoms with E-state index in [2.05, 4.69) is 62.7 Å². The van der Waals surface area contributed by atoms with Gasteiger partial charge in [0.2, 0.25) is 5.95 Å². The van der Waals surface area contributed by atoms with E-state index in [0.717, 1.165) is 61.3 Å². The number of anilines is 2. The fraction of sp³-hybridized carbons (Fsp3) is 0.0541. The van der Waals surface area contributed by atoms with E-state index in [1.807, 2.05) is 78.4 Å². The van der Waals surface area contributed by atoms with Gasteiger partial charge in [0.25, 0.3) is 0 Å². The molecule has 7 heterocycles. The summed E-state index contributed by atoms with van der Waals surface area (Å²) in [5.41, 5.74) is 17.9. The summed E-state index contributed by atoms with van der Waals surface area (Å²) in [6, 6.07) is 18.3. The quantitative estimate of drug-likeness (QED) is 0.206. The molecule has 9 nitrogen and oxygen atoms in total. The molecular weight excluding hydrogens is 570 g/mol. The third-order valence-corrected chi connectivity index (χ3v) is 8.54. The van der Waals surface area contributed by atoms with Crippen LogP contribution in [0.25, 0.3) is 74.9 Å². The minimum absolute atomic E-state index is 0.482. The van der Waals surface area contributed by atoms with Crippen LogP contribution in [0, 0.1) is 0 Å². The van der Waals surface area contributed by atoms with Crippen molar-refractivity contribution in [3.63, 3.8) is 0 Å². The molecular formula is C37H27N9. The summed E-state index contributed by atoms with van der Waals surface area (Å²) in [5.74, 6) is 1.80. The highest BCUT2D eigenvalue weighted by atomic mass is 15.3. The largest absolute Gasteiger partial charge is 0.395 e. The second-order valence-electron chi connectivity index (χ2n) is 11.1. The summed E-state index contributed by atoms with van der Waals surface area (Å²) in [4.78, 5) is 20.2. The first-order valence-electron chi connectivity index (χ1n) is 15.1. The number of nitrogens with one attached hydrogen (secondary N) is 1. The molecule has 6 aromatic heterocycles. The van der Waals surface area contributed by atoms with Crippen LogP contribution in [-0.4, -0.2) is 40.2 Å². The minimum Gasteiger partial charge on any atom is -0.395 e. The highest BCUT2D eigenvalue weighted by molar-refractivity contribution is 6.07. The summed E-state index contributed by atoms with van der Waals surface area (Å²) >= 11 is 0. The standard InChI is InChI=1S/C37H27N9/c1-2-11-29-33(38)34-30(18-10-19-39-34)44(29)31-22-32(45-27-16-5-3-4-12-23(27)25-14-8-20-40-35(25)45)43-37(42-31)46-28-17-7-6-13-24(28)26-15-9-21-41-36(26)46/h2-3,5-18,20-22,39H,19,38H2,1H3/b11-2-. The maximum Gasteiger partial charge on any atom is 0.239 e. The summed E-state index contributed by atoms with van der Waals surface area (Å²) in [6.07, 6.45) is 19.8. The molecule has 0 atom stereocenters. The van der Waals surface area contributed by atoms with Crippen LogP contribution in [0.3, 0.4) is 0 Å². The number of aromatic nitrogens is 7. The molecule has 0 saturated carbocycles. The zero-order valence-electron chi connectivity index (χ0n) is 24.9. The molecule has 46 heavy (non-hydrogen) atoms. The molecule has 0 saturated heterocycles. The number of nitrogens with two attached hydrogens (primary N) is 1. The Morgan fingerprint density at radius 1 is 0.848 bits per heavy atom. The van der Waals surface area contributed by atoms with Crippen molar-refractivity contribution in [2.75, 3.05) is 17.6 Å². The van der Waals surface area contributed by atoms with E-state index in [1.165, 1.54) is 0 Å². The van der Waals surface area contributed by atoms with Crippen molar-refractivity contribution in [1.29, 1.82) is 0 Å². The molecule has 220 valence electrons. The highest BCUT2D eigenvalue weighted by Gasteiger charge is 2.25. The number of pyridine rings is 2. The van der Waals surface area contributed by atoms with Gasteiger partial charge in [-0.15, -0.1) is 5.73 Å². The van der Waals surface area contributed by atoms with Gasteiger partial charge in [-0.25, -0.2) is 9.97 Å². The number of fused-ring (bicyclic) bond motifs is 7. The topological polar surface area (TPSA) is 104 Å². The lowest BCUT2D eigenvalue weighted by atomic mass is 10.1. The van der Waals surface area contributed by atoms with Crippen LogP contribution in [0.15, 0.2) is 97.0 Å². The van der Waals surface area contributed by atoms with Gasteiger partial charge in [-0.3, -0.25) is 13.7 Å². The fourth-order valence-electron chi connectivity index (χ4n) is 6.64. The fourth-order valence-corrected chi connectivity index (χ4v) is 6.64. The number of hydrogen-bond acceptors (Lipinski definition) is 6. The molecule has 0 spiro atoms. The first-order chi connectivity index (χ1) is 22.7. The first kappa shape index (κ1) is 26.0.